The maximum Gasteiger partial charge on any atom is 0.230 e. The number of thioether (sulfide) groups is 1. The molecule has 5 heteroatoms. The van der Waals surface area contributed by atoms with Crippen LogP contribution >= 0.6 is 11.8 Å². The van der Waals surface area contributed by atoms with Gasteiger partial charge in [-0.15, -0.1) is 11.8 Å². The van der Waals surface area contributed by atoms with Crippen LogP contribution in [0, 0.1) is 0 Å². The van der Waals surface area contributed by atoms with Gasteiger partial charge in [0.25, 0.3) is 0 Å². The monoisotopic (exact) mass is 375 g/mol. The second-order valence-corrected chi connectivity index (χ2v) is 7.48. The van der Waals surface area contributed by atoms with Gasteiger partial charge < -0.3 is 9.88 Å². The van der Waals surface area contributed by atoms with Gasteiger partial charge in [-0.05, 0) is 41.5 Å². The zero-order chi connectivity index (χ0) is 18.5. The van der Waals surface area contributed by atoms with Gasteiger partial charge in [-0.25, -0.2) is 4.98 Å². The maximum atomic E-state index is 12.1. The van der Waals surface area contributed by atoms with Gasteiger partial charge in [0, 0.05) is 18.0 Å². The van der Waals surface area contributed by atoms with Crippen molar-refractivity contribution in [1.82, 2.24) is 14.9 Å². The highest BCUT2D eigenvalue weighted by Gasteiger charge is 2.04. The number of hydrogen-bond acceptors (Lipinski definition) is 3. The summed E-state index contributed by atoms with van der Waals surface area (Å²) in [5.41, 5.74) is 2.14. The van der Waals surface area contributed by atoms with E-state index in [-0.39, 0.29) is 5.91 Å². The summed E-state index contributed by atoms with van der Waals surface area (Å²) in [6, 6.07) is 22.7. The van der Waals surface area contributed by atoms with Crippen LogP contribution in [0.15, 0.2) is 78.0 Å². The number of aromatic nitrogens is 2. The van der Waals surface area contributed by atoms with Gasteiger partial charge in [0.05, 0.1) is 23.1 Å². The van der Waals surface area contributed by atoms with E-state index in [1.54, 1.807) is 11.8 Å². The molecule has 4 rings (SSSR count). The number of carbonyl (C=O) groups is 1. The molecule has 0 aliphatic rings. The topological polar surface area (TPSA) is 46.9 Å². The predicted molar refractivity (Wildman–Crippen MR) is 112 cm³/mol. The molecule has 0 saturated carbocycles. The third-order valence-electron chi connectivity index (χ3n) is 4.52. The van der Waals surface area contributed by atoms with Crippen molar-refractivity contribution in [2.75, 3.05) is 12.3 Å². The number of aryl methyl sites for hydroxylation is 1. The fourth-order valence-corrected chi connectivity index (χ4v) is 3.90. The number of para-hydroxylation sites is 2. The summed E-state index contributed by atoms with van der Waals surface area (Å²) in [4.78, 5) is 17.6. The third-order valence-corrected chi connectivity index (χ3v) is 5.51. The average molecular weight is 375 g/mol. The Morgan fingerprint density at radius 1 is 1.00 bits per heavy atom. The number of imidazole rings is 1. The fourth-order valence-electron chi connectivity index (χ4n) is 3.12. The number of amides is 1. The van der Waals surface area contributed by atoms with E-state index in [1.165, 1.54) is 10.8 Å². The van der Waals surface area contributed by atoms with Gasteiger partial charge in [0.2, 0.25) is 5.91 Å². The van der Waals surface area contributed by atoms with Gasteiger partial charge >= 0.3 is 0 Å². The Labute approximate surface area is 162 Å². The Morgan fingerprint density at radius 3 is 2.74 bits per heavy atom. The van der Waals surface area contributed by atoms with Gasteiger partial charge in [-0.2, -0.15) is 0 Å². The minimum Gasteiger partial charge on any atom is -0.355 e. The van der Waals surface area contributed by atoms with Crippen molar-refractivity contribution in [3.8, 4) is 0 Å². The molecule has 0 aliphatic heterocycles. The van der Waals surface area contributed by atoms with Crippen molar-refractivity contribution in [2.24, 2.45) is 0 Å². The summed E-state index contributed by atoms with van der Waals surface area (Å²) >= 11 is 1.57. The summed E-state index contributed by atoms with van der Waals surface area (Å²) in [5, 5.41) is 5.43. The van der Waals surface area contributed by atoms with Crippen LogP contribution in [-0.4, -0.2) is 27.8 Å². The molecule has 27 heavy (non-hydrogen) atoms. The Kier molecular flexibility index (Phi) is 5.39. The normalized spacial score (nSPS) is 11.1. The quantitative estimate of drug-likeness (QED) is 0.382. The van der Waals surface area contributed by atoms with Crippen LogP contribution in [0.4, 0.5) is 0 Å². The molecule has 0 aliphatic carbocycles. The molecular formula is C22H21N3OS. The largest absolute Gasteiger partial charge is 0.355 e. The molecule has 1 aromatic heterocycles. The molecule has 3 aromatic carbocycles. The lowest BCUT2D eigenvalue weighted by Gasteiger charge is -2.07. The van der Waals surface area contributed by atoms with Crippen molar-refractivity contribution < 1.29 is 4.79 Å². The third kappa shape index (κ3) is 4.31. The van der Waals surface area contributed by atoms with Gasteiger partial charge in [0.15, 0.2) is 0 Å². The molecule has 0 radical (unpaired) electrons. The average Bonchev–Trinajstić information content (AvgIpc) is 3.13. The minimum absolute atomic E-state index is 0.0728. The summed E-state index contributed by atoms with van der Waals surface area (Å²) in [6.45, 7) is 1.52. The zero-order valence-corrected chi connectivity index (χ0v) is 15.8. The van der Waals surface area contributed by atoms with Gasteiger partial charge in [-0.3, -0.25) is 4.79 Å². The standard InChI is InChI=1S/C22H21N3OS/c26-22(15-27-19-11-10-17-6-1-2-7-18(17)14-19)23-12-5-13-25-16-24-20-8-3-4-9-21(20)25/h1-4,6-11,14,16H,5,12-13,15H2,(H,23,26). The van der Waals surface area contributed by atoms with Gasteiger partial charge in [0.1, 0.15) is 0 Å². The van der Waals surface area contributed by atoms with Crippen molar-refractivity contribution >= 4 is 39.5 Å². The van der Waals surface area contributed by atoms with E-state index in [0.29, 0.717) is 12.3 Å². The lowest BCUT2D eigenvalue weighted by atomic mass is 10.1. The van der Waals surface area contributed by atoms with Crippen LogP contribution in [0.1, 0.15) is 6.42 Å². The number of hydrogen-bond donors (Lipinski definition) is 1. The Bertz CT molecular complexity index is 1070. The highest BCUT2D eigenvalue weighted by atomic mass is 32.2. The van der Waals surface area contributed by atoms with E-state index in [9.17, 15) is 4.79 Å². The van der Waals surface area contributed by atoms with E-state index in [1.807, 2.05) is 36.7 Å². The smallest absolute Gasteiger partial charge is 0.230 e. The van der Waals surface area contributed by atoms with Crippen LogP contribution in [0.2, 0.25) is 0 Å². The van der Waals surface area contributed by atoms with E-state index in [0.717, 1.165) is 28.9 Å². The highest BCUT2D eigenvalue weighted by molar-refractivity contribution is 8.00. The van der Waals surface area contributed by atoms with Crippen LogP contribution < -0.4 is 5.32 Å². The first-order chi connectivity index (χ1) is 13.3. The molecule has 1 amide bonds. The van der Waals surface area contributed by atoms with E-state index in [2.05, 4.69) is 51.3 Å². The molecule has 136 valence electrons. The molecule has 4 nitrogen and oxygen atoms in total. The SMILES string of the molecule is O=C(CSc1ccc2ccccc2c1)NCCCn1cnc2ccccc21. The molecule has 1 heterocycles. The molecule has 0 unspecified atom stereocenters. The first-order valence-corrected chi connectivity index (χ1v) is 10.1. The first-order valence-electron chi connectivity index (χ1n) is 9.08. The van der Waals surface area contributed by atoms with E-state index in [4.69, 9.17) is 0 Å². The van der Waals surface area contributed by atoms with Crippen molar-refractivity contribution in [2.45, 2.75) is 17.9 Å². The summed E-state index contributed by atoms with van der Waals surface area (Å²) in [5.74, 6) is 0.510. The molecule has 0 fully saturated rings. The highest BCUT2D eigenvalue weighted by Crippen LogP contribution is 2.23. The lowest BCUT2D eigenvalue weighted by Crippen LogP contribution is -2.26. The Morgan fingerprint density at radius 2 is 1.81 bits per heavy atom. The van der Waals surface area contributed by atoms with Crippen LogP contribution in [-0.2, 0) is 11.3 Å². The van der Waals surface area contributed by atoms with Crippen molar-refractivity contribution in [1.29, 1.82) is 0 Å². The summed E-state index contributed by atoms with van der Waals surface area (Å²) in [6.07, 6.45) is 2.74. The molecule has 0 saturated heterocycles. The van der Waals surface area contributed by atoms with Gasteiger partial charge in [-0.1, -0.05) is 42.5 Å². The fraction of sp³-hybridized carbons (Fsp3) is 0.182. The van der Waals surface area contributed by atoms with Crippen LogP contribution in [0.3, 0.4) is 0 Å². The predicted octanol–water partition coefficient (Wildman–Crippen LogP) is 4.49. The van der Waals surface area contributed by atoms with Crippen molar-refractivity contribution in [3.63, 3.8) is 0 Å². The molecule has 0 atom stereocenters. The second-order valence-electron chi connectivity index (χ2n) is 6.43. The zero-order valence-electron chi connectivity index (χ0n) is 15.0. The van der Waals surface area contributed by atoms with E-state index < -0.39 is 0 Å². The Hall–Kier alpha value is -2.79. The minimum atomic E-state index is 0.0728. The number of benzene rings is 3. The number of carbonyl (C=O) groups excluding carboxylic acids is 1. The lowest BCUT2D eigenvalue weighted by molar-refractivity contribution is -0.118. The first kappa shape index (κ1) is 17.6. The van der Waals surface area contributed by atoms with Crippen LogP contribution in [0.5, 0.6) is 0 Å². The number of nitrogens with zero attached hydrogens (tertiary/aromatic N) is 2. The molecule has 0 bridgehead atoms. The summed E-state index contributed by atoms with van der Waals surface area (Å²) < 4.78 is 2.13. The van der Waals surface area contributed by atoms with Crippen molar-refractivity contribution in [3.05, 3.63) is 73.1 Å². The number of rotatable bonds is 7. The molecular weight excluding hydrogens is 354 g/mol. The van der Waals surface area contributed by atoms with Crippen LogP contribution in [0.25, 0.3) is 21.8 Å². The molecule has 0 spiro atoms. The number of nitrogens with one attached hydrogen (secondary N) is 1. The second kappa shape index (κ2) is 8.27. The Balaban J connectivity index is 1.22. The summed E-state index contributed by atoms with van der Waals surface area (Å²) in [7, 11) is 0. The molecule has 1 N–H and O–H groups in total. The number of fused-ring (bicyclic) bond motifs is 2. The maximum absolute atomic E-state index is 12.1. The molecule has 4 aromatic rings. The van der Waals surface area contributed by atoms with E-state index >= 15 is 0 Å².